The molecule has 0 unspecified atom stereocenters. The molecule has 1 aromatic carbocycles. The molecule has 0 bridgehead atoms. The average Bonchev–Trinajstić information content (AvgIpc) is 2.89. The Labute approximate surface area is 145 Å². The number of halogens is 4. The van der Waals surface area contributed by atoms with Gasteiger partial charge in [0.25, 0.3) is 5.91 Å². The summed E-state index contributed by atoms with van der Waals surface area (Å²) in [7, 11) is 0. The van der Waals surface area contributed by atoms with E-state index in [1.807, 2.05) is 0 Å². The number of amides is 1. The van der Waals surface area contributed by atoms with Crippen molar-refractivity contribution in [3.63, 3.8) is 0 Å². The van der Waals surface area contributed by atoms with Gasteiger partial charge in [-0.05, 0) is 25.3 Å². The van der Waals surface area contributed by atoms with Crippen LogP contribution in [0.2, 0.25) is 0 Å². The van der Waals surface area contributed by atoms with E-state index in [-0.39, 0.29) is 23.6 Å². The molecular weight excluding hydrogens is 367 g/mol. The Morgan fingerprint density at radius 3 is 2.79 bits per heavy atom. The number of carbonyl (C=O) groups is 1. The highest BCUT2D eigenvalue weighted by molar-refractivity contribution is 7.15. The van der Waals surface area contributed by atoms with Crippen molar-refractivity contribution in [1.29, 1.82) is 0 Å². The summed E-state index contributed by atoms with van der Waals surface area (Å²) in [6, 6.07) is 0.426. The van der Waals surface area contributed by atoms with Gasteiger partial charge in [-0.2, -0.15) is 4.39 Å². The van der Waals surface area contributed by atoms with Crippen molar-refractivity contribution in [2.45, 2.75) is 25.3 Å². The number of carbonyl (C=O) groups excluding carboxylic acids is 1. The average molecular weight is 380 g/mol. The third kappa shape index (κ3) is 3.33. The van der Waals surface area contributed by atoms with E-state index < -0.39 is 34.7 Å². The van der Waals surface area contributed by atoms with Crippen molar-refractivity contribution in [3.05, 3.63) is 39.7 Å². The molecule has 5 nitrogen and oxygen atoms in total. The molecule has 1 amide bonds. The van der Waals surface area contributed by atoms with Gasteiger partial charge in [0.1, 0.15) is 0 Å². The van der Waals surface area contributed by atoms with E-state index >= 15 is 0 Å². The van der Waals surface area contributed by atoms with Gasteiger partial charge in [0, 0.05) is 10.9 Å². The van der Waals surface area contributed by atoms with Crippen molar-refractivity contribution >= 4 is 34.8 Å². The zero-order valence-corrected chi connectivity index (χ0v) is 13.7. The summed E-state index contributed by atoms with van der Waals surface area (Å²) in [5, 5.41) is 11.7. The largest absolute Gasteiger partial charge is 0.503 e. The summed E-state index contributed by atoms with van der Waals surface area (Å²) < 4.78 is 40.0. The summed E-state index contributed by atoms with van der Waals surface area (Å²) in [4.78, 5) is 17.2. The van der Waals surface area contributed by atoms with Crippen molar-refractivity contribution in [2.24, 2.45) is 5.73 Å². The van der Waals surface area contributed by atoms with E-state index in [2.05, 4.69) is 10.3 Å². The van der Waals surface area contributed by atoms with Gasteiger partial charge in [0.2, 0.25) is 5.82 Å². The number of phenolic OH excluding ortho intramolecular Hbond substituents is 1. The fourth-order valence-electron chi connectivity index (χ4n) is 2.37. The van der Waals surface area contributed by atoms with Gasteiger partial charge in [-0.1, -0.05) is 0 Å². The van der Waals surface area contributed by atoms with E-state index in [9.17, 15) is 18.0 Å². The second-order valence-electron chi connectivity index (χ2n) is 5.23. The van der Waals surface area contributed by atoms with Crippen LogP contribution >= 0.6 is 23.7 Å². The molecule has 0 saturated carbocycles. The lowest BCUT2D eigenvalue weighted by molar-refractivity contribution is 0.102. The normalized spacial score (nSPS) is 16.2. The number of rotatable bonds is 2. The molecule has 1 aliphatic carbocycles. The predicted molar refractivity (Wildman–Crippen MR) is 85.3 cm³/mol. The van der Waals surface area contributed by atoms with Gasteiger partial charge >= 0.3 is 0 Å². The summed E-state index contributed by atoms with van der Waals surface area (Å²) in [5.74, 6) is -7.33. The Bertz CT molecular complexity index is 800. The molecule has 4 N–H and O–H groups in total. The predicted octanol–water partition coefficient (Wildman–Crippen LogP) is 2.76. The molecule has 3 rings (SSSR count). The number of thiazole rings is 1. The molecule has 0 spiro atoms. The van der Waals surface area contributed by atoms with Crippen molar-refractivity contribution in [3.8, 4) is 5.75 Å². The Morgan fingerprint density at radius 1 is 1.38 bits per heavy atom. The van der Waals surface area contributed by atoms with E-state index in [0.717, 1.165) is 17.0 Å². The molecule has 0 radical (unpaired) electrons. The lowest BCUT2D eigenvalue weighted by Gasteiger charge is -2.15. The van der Waals surface area contributed by atoms with Crippen molar-refractivity contribution < 1.29 is 23.1 Å². The number of hydrogen-bond acceptors (Lipinski definition) is 5. The van der Waals surface area contributed by atoms with Crippen LogP contribution < -0.4 is 11.1 Å². The number of nitrogens with two attached hydrogens (primary N) is 1. The number of benzene rings is 1. The zero-order valence-electron chi connectivity index (χ0n) is 12.1. The minimum Gasteiger partial charge on any atom is -0.503 e. The molecule has 130 valence electrons. The molecular formula is C14H13ClF3N3O2S. The highest BCUT2D eigenvalue weighted by atomic mass is 35.5. The minimum absolute atomic E-state index is 0. The van der Waals surface area contributed by atoms with Gasteiger partial charge in [-0.15, -0.1) is 23.7 Å². The quantitative estimate of drug-likeness (QED) is 0.700. The number of nitrogens with zero attached hydrogens (tertiary/aromatic N) is 1. The fraction of sp³-hybridized carbons (Fsp3) is 0.286. The molecule has 0 fully saturated rings. The summed E-state index contributed by atoms with van der Waals surface area (Å²) in [5.41, 5.74) is 5.88. The molecule has 1 aromatic heterocycles. The third-order valence-corrected chi connectivity index (χ3v) is 4.61. The molecule has 10 heteroatoms. The first-order valence-corrected chi connectivity index (χ1v) is 7.60. The highest BCUT2D eigenvalue weighted by Gasteiger charge is 2.25. The van der Waals surface area contributed by atoms with Crippen LogP contribution in [0.15, 0.2) is 6.07 Å². The van der Waals surface area contributed by atoms with Crippen LogP contribution in [0, 0.1) is 17.5 Å². The number of aromatic nitrogens is 1. The van der Waals surface area contributed by atoms with Crippen LogP contribution in [0.25, 0.3) is 0 Å². The zero-order chi connectivity index (χ0) is 16.7. The Morgan fingerprint density at radius 2 is 2.08 bits per heavy atom. The molecule has 1 heterocycles. The number of phenols is 1. The van der Waals surface area contributed by atoms with Crippen LogP contribution in [0.1, 0.15) is 27.3 Å². The van der Waals surface area contributed by atoms with Crippen LogP contribution in [-0.2, 0) is 12.8 Å². The Balaban J connectivity index is 0.00000208. The number of aromatic hydroxyl groups is 1. The second kappa shape index (κ2) is 6.96. The first-order valence-electron chi connectivity index (χ1n) is 6.78. The fourth-order valence-corrected chi connectivity index (χ4v) is 3.47. The number of anilines is 1. The smallest absolute Gasteiger partial charge is 0.260 e. The molecule has 1 atom stereocenters. The summed E-state index contributed by atoms with van der Waals surface area (Å²) in [6.45, 7) is 0. The number of nitrogens with one attached hydrogen (secondary N) is 1. The van der Waals surface area contributed by atoms with Crippen LogP contribution in [-0.4, -0.2) is 22.0 Å². The SMILES string of the molecule is Cl.N[C@H]1CCc2nc(NC(=O)c3cc(F)c(F)c(O)c3F)sc2C1. The van der Waals surface area contributed by atoms with Crippen LogP contribution in [0.4, 0.5) is 18.3 Å². The standard InChI is InChI=1S/C14H12F3N3O2S.ClH/c15-7-4-6(10(16)12(21)11(7)17)13(22)20-14-19-8-2-1-5(18)3-9(8)23-14;/h4-5,21H,1-3,18H2,(H,19,20,22);1H/t5-;/m0./s1. The third-order valence-electron chi connectivity index (χ3n) is 3.58. The first kappa shape index (κ1) is 18.5. The van der Waals surface area contributed by atoms with Crippen molar-refractivity contribution in [1.82, 2.24) is 4.98 Å². The van der Waals surface area contributed by atoms with Crippen LogP contribution in [0.3, 0.4) is 0 Å². The van der Waals surface area contributed by atoms with E-state index in [0.29, 0.717) is 18.9 Å². The number of fused-ring (bicyclic) bond motifs is 1. The lowest BCUT2D eigenvalue weighted by atomic mass is 9.99. The molecule has 24 heavy (non-hydrogen) atoms. The second-order valence-corrected chi connectivity index (χ2v) is 6.31. The van der Waals surface area contributed by atoms with Gasteiger partial charge in [-0.25, -0.2) is 13.8 Å². The minimum atomic E-state index is -1.74. The summed E-state index contributed by atoms with van der Waals surface area (Å²) >= 11 is 1.20. The monoisotopic (exact) mass is 379 g/mol. The molecule has 0 aliphatic heterocycles. The van der Waals surface area contributed by atoms with E-state index in [4.69, 9.17) is 10.8 Å². The maximum Gasteiger partial charge on any atom is 0.260 e. The van der Waals surface area contributed by atoms with Gasteiger partial charge < -0.3 is 10.8 Å². The van der Waals surface area contributed by atoms with Crippen LogP contribution in [0.5, 0.6) is 5.75 Å². The molecule has 1 aliphatic rings. The van der Waals surface area contributed by atoms with Gasteiger partial charge in [0.05, 0.1) is 11.3 Å². The first-order chi connectivity index (χ1) is 10.9. The van der Waals surface area contributed by atoms with E-state index in [1.165, 1.54) is 11.3 Å². The van der Waals surface area contributed by atoms with Crippen molar-refractivity contribution in [2.75, 3.05) is 5.32 Å². The van der Waals surface area contributed by atoms with E-state index in [1.54, 1.807) is 0 Å². The Hall–Kier alpha value is -1.84. The topological polar surface area (TPSA) is 88.2 Å². The molecule has 0 saturated heterocycles. The maximum atomic E-state index is 13.7. The van der Waals surface area contributed by atoms with Gasteiger partial charge in [-0.3, -0.25) is 10.1 Å². The summed E-state index contributed by atoms with van der Waals surface area (Å²) in [6.07, 6.45) is 2.11. The molecule has 2 aromatic rings. The number of hydrogen-bond donors (Lipinski definition) is 3. The highest BCUT2D eigenvalue weighted by Crippen LogP contribution is 2.30. The lowest BCUT2D eigenvalue weighted by Crippen LogP contribution is -2.27. The Kier molecular flexibility index (Phi) is 5.36. The van der Waals surface area contributed by atoms with Gasteiger partial charge in [0.15, 0.2) is 22.5 Å². The maximum absolute atomic E-state index is 13.7. The number of aryl methyl sites for hydroxylation is 1.